The van der Waals surface area contributed by atoms with Gasteiger partial charge in [-0.1, -0.05) is 359 Å². The second-order valence-electron chi connectivity index (χ2n) is 25.3. The number of nitrogens with one attached hydrogen (secondary N) is 1. The van der Waals surface area contributed by atoms with Crippen molar-refractivity contribution in [3.63, 3.8) is 0 Å². The van der Waals surface area contributed by atoms with E-state index in [4.69, 9.17) is 4.74 Å². The molecule has 0 saturated heterocycles. The first-order valence-electron chi connectivity index (χ1n) is 36.7. The SMILES string of the molecule is CCCCCCCCC/C=C\CCCCCCCCCC(=O)OCC/C=C\C/C=C\CCCCCCCCCCCCCCCCC(=O)NC(CO)C(O)CCCCCCCCCCCCCCCCCCCCCCCCCCC. The summed E-state index contributed by atoms with van der Waals surface area (Å²) in [6, 6.07) is -0.548. The highest BCUT2D eigenvalue weighted by Gasteiger charge is 2.20. The highest BCUT2D eigenvalue weighted by atomic mass is 16.5. The number of aliphatic hydroxyl groups excluding tert-OH is 2. The molecule has 0 aromatic carbocycles. The Hall–Kier alpha value is -1.92. The summed E-state index contributed by atoms with van der Waals surface area (Å²) < 4.78 is 5.44. The minimum absolute atomic E-state index is 0.0352. The van der Waals surface area contributed by atoms with Gasteiger partial charge in [0.05, 0.1) is 25.4 Å². The fourth-order valence-electron chi connectivity index (χ4n) is 11.6. The van der Waals surface area contributed by atoms with Crippen LogP contribution in [-0.2, 0) is 14.3 Å². The van der Waals surface area contributed by atoms with Crippen LogP contribution in [0.4, 0.5) is 0 Å². The standard InChI is InChI=1S/C75H143NO5/c1-3-5-7-9-11-13-15-17-19-21-23-24-25-26-27-29-32-35-39-43-47-51-55-59-63-67-73(78)72(71-77)76-74(79)68-64-60-56-52-48-44-40-36-33-30-28-31-34-38-42-46-50-54-58-62-66-70-81-75(80)69-65-61-57-53-49-45-41-37-22-20-18-16-14-12-10-8-6-4-2/h20,22,46,50,58,62,72-73,77-78H,3-19,21,23-45,47-49,51-57,59-61,63-71H2,1-2H3,(H,76,79)/b22-20-,50-46-,62-58-. The molecule has 0 rings (SSSR count). The molecule has 2 unspecified atom stereocenters. The molecule has 0 fully saturated rings. The quantitative estimate of drug-likeness (QED) is 0.0320. The molecule has 6 heteroatoms. The number of hydrogen-bond acceptors (Lipinski definition) is 5. The Kier molecular flexibility index (Phi) is 68.9. The largest absolute Gasteiger partial charge is 0.465 e. The number of carbonyl (C=O) groups excluding carboxylic acids is 2. The van der Waals surface area contributed by atoms with E-state index in [0.29, 0.717) is 25.9 Å². The predicted molar refractivity (Wildman–Crippen MR) is 356 cm³/mol. The normalized spacial score (nSPS) is 12.7. The number of amides is 1. The van der Waals surface area contributed by atoms with Gasteiger partial charge in [-0.3, -0.25) is 9.59 Å². The molecule has 0 aromatic heterocycles. The number of rotatable bonds is 69. The Morgan fingerprint density at radius 2 is 0.617 bits per heavy atom. The second kappa shape index (κ2) is 70.6. The molecule has 478 valence electrons. The molecular weight excluding hydrogens is 995 g/mol. The minimum atomic E-state index is -0.670. The zero-order valence-electron chi connectivity index (χ0n) is 54.8. The van der Waals surface area contributed by atoms with Crippen molar-refractivity contribution in [2.24, 2.45) is 0 Å². The molecule has 0 aliphatic heterocycles. The summed E-state index contributed by atoms with van der Waals surface area (Å²) in [6.45, 7) is 4.88. The average Bonchev–Trinajstić information content (AvgIpc) is 3.47. The molecule has 6 nitrogen and oxygen atoms in total. The Labute approximate surface area is 506 Å². The summed E-state index contributed by atoms with van der Waals surface area (Å²) in [5.41, 5.74) is 0. The molecule has 1 amide bonds. The molecule has 81 heavy (non-hydrogen) atoms. The average molecular weight is 1140 g/mol. The maximum Gasteiger partial charge on any atom is 0.305 e. The van der Waals surface area contributed by atoms with Crippen LogP contribution in [0, 0.1) is 0 Å². The molecule has 3 N–H and O–H groups in total. The summed E-state index contributed by atoms with van der Waals surface area (Å²) >= 11 is 0. The van der Waals surface area contributed by atoms with Crippen molar-refractivity contribution in [2.45, 2.75) is 418 Å². The van der Waals surface area contributed by atoms with Gasteiger partial charge < -0.3 is 20.3 Å². The highest BCUT2D eigenvalue weighted by molar-refractivity contribution is 5.76. The van der Waals surface area contributed by atoms with Crippen molar-refractivity contribution < 1.29 is 24.5 Å². The summed E-state index contributed by atoms with van der Waals surface area (Å²) in [5, 5.41) is 23.5. The van der Waals surface area contributed by atoms with Gasteiger partial charge in [-0.05, 0) is 70.6 Å². The smallest absolute Gasteiger partial charge is 0.305 e. The van der Waals surface area contributed by atoms with Gasteiger partial charge in [-0.15, -0.1) is 0 Å². The molecule has 0 aliphatic rings. The highest BCUT2D eigenvalue weighted by Crippen LogP contribution is 2.19. The van der Waals surface area contributed by atoms with Crippen molar-refractivity contribution in [1.82, 2.24) is 5.32 Å². The zero-order valence-corrected chi connectivity index (χ0v) is 54.8. The van der Waals surface area contributed by atoms with Gasteiger partial charge in [-0.25, -0.2) is 0 Å². The molecule has 0 spiro atoms. The van der Waals surface area contributed by atoms with E-state index in [2.05, 4.69) is 55.6 Å². The van der Waals surface area contributed by atoms with Crippen LogP contribution in [-0.4, -0.2) is 47.4 Å². The van der Waals surface area contributed by atoms with E-state index in [9.17, 15) is 19.8 Å². The number of unbranched alkanes of at least 4 members (excludes halogenated alkanes) is 52. The third kappa shape index (κ3) is 67.1. The van der Waals surface area contributed by atoms with Crippen LogP contribution in [0.15, 0.2) is 36.5 Å². The number of carbonyl (C=O) groups is 2. The fraction of sp³-hybridized carbons (Fsp3) is 0.893. The minimum Gasteiger partial charge on any atom is -0.465 e. The van der Waals surface area contributed by atoms with Crippen LogP contribution in [0.1, 0.15) is 406 Å². The van der Waals surface area contributed by atoms with Gasteiger partial charge in [0.15, 0.2) is 0 Å². The molecular formula is C75H143NO5. The Balaban J connectivity index is 3.44. The van der Waals surface area contributed by atoms with Crippen molar-refractivity contribution >= 4 is 11.9 Å². The Morgan fingerprint density at radius 1 is 0.346 bits per heavy atom. The van der Waals surface area contributed by atoms with Crippen molar-refractivity contribution in [2.75, 3.05) is 13.2 Å². The molecule has 0 radical (unpaired) electrons. The molecule has 0 bridgehead atoms. The summed E-state index contributed by atoms with van der Waals surface area (Å²) in [4.78, 5) is 24.6. The lowest BCUT2D eigenvalue weighted by Gasteiger charge is -2.22. The van der Waals surface area contributed by atoms with Gasteiger partial charge in [0.2, 0.25) is 5.91 Å². The van der Waals surface area contributed by atoms with Gasteiger partial charge >= 0.3 is 5.97 Å². The van der Waals surface area contributed by atoms with E-state index in [1.54, 1.807) is 0 Å². The summed E-state index contributed by atoms with van der Waals surface area (Å²) in [5.74, 6) is -0.0724. The Bertz CT molecular complexity index is 1310. The molecule has 0 aromatic rings. The van der Waals surface area contributed by atoms with Crippen LogP contribution in [0.3, 0.4) is 0 Å². The summed E-state index contributed by atoms with van der Waals surface area (Å²) in [6.07, 6.45) is 90.7. The van der Waals surface area contributed by atoms with E-state index in [1.807, 2.05) is 0 Å². The van der Waals surface area contributed by atoms with Crippen molar-refractivity contribution in [1.29, 1.82) is 0 Å². The van der Waals surface area contributed by atoms with Crippen molar-refractivity contribution in [3.8, 4) is 0 Å². The molecule has 2 atom stereocenters. The van der Waals surface area contributed by atoms with Gasteiger partial charge in [0.1, 0.15) is 0 Å². The number of ether oxygens (including phenoxy) is 1. The summed E-state index contributed by atoms with van der Waals surface area (Å²) in [7, 11) is 0. The topological polar surface area (TPSA) is 95.9 Å². The lowest BCUT2D eigenvalue weighted by Crippen LogP contribution is -2.45. The monoisotopic (exact) mass is 1140 g/mol. The maximum absolute atomic E-state index is 12.6. The fourth-order valence-corrected chi connectivity index (χ4v) is 11.6. The number of allylic oxidation sites excluding steroid dienone is 5. The maximum atomic E-state index is 12.6. The first-order valence-corrected chi connectivity index (χ1v) is 36.7. The lowest BCUT2D eigenvalue weighted by atomic mass is 10.0. The third-order valence-electron chi connectivity index (χ3n) is 17.2. The third-order valence-corrected chi connectivity index (χ3v) is 17.2. The van der Waals surface area contributed by atoms with Crippen LogP contribution >= 0.6 is 0 Å². The number of esters is 1. The van der Waals surface area contributed by atoms with E-state index in [0.717, 1.165) is 51.4 Å². The number of hydrogen-bond donors (Lipinski definition) is 3. The van der Waals surface area contributed by atoms with Crippen LogP contribution in [0.2, 0.25) is 0 Å². The van der Waals surface area contributed by atoms with E-state index in [1.165, 1.54) is 321 Å². The van der Waals surface area contributed by atoms with Gasteiger partial charge in [-0.2, -0.15) is 0 Å². The first-order chi connectivity index (χ1) is 40.0. The number of aliphatic hydroxyl groups is 2. The van der Waals surface area contributed by atoms with Crippen LogP contribution < -0.4 is 5.32 Å². The molecule has 0 aliphatic carbocycles. The predicted octanol–water partition coefficient (Wildman–Crippen LogP) is 23.9. The van der Waals surface area contributed by atoms with Crippen LogP contribution in [0.5, 0.6) is 0 Å². The zero-order chi connectivity index (χ0) is 58.5. The van der Waals surface area contributed by atoms with Crippen LogP contribution in [0.25, 0.3) is 0 Å². The molecule has 0 heterocycles. The van der Waals surface area contributed by atoms with Crippen molar-refractivity contribution in [3.05, 3.63) is 36.5 Å². The van der Waals surface area contributed by atoms with E-state index < -0.39 is 12.1 Å². The van der Waals surface area contributed by atoms with Gasteiger partial charge in [0, 0.05) is 12.8 Å². The van der Waals surface area contributed by atoms with E-state index >= 15 is 0 Å². The second-order valence-corrected chi connectivity index (χ2v) is 25.3. The molecule has 0 saturated carbocycles. The van der Waals surface area contributed by atoms with E-state index in [-0.39, 0.29) is 18.5 Å². The Morgan fingerprint density at radius 3 is 0.951 bits per heavy atom. The van der Waals surface area contributed by atoms with Gasteiger partial charge in [0.25, 0.3) is 0 Å². The lowest BCUT2D eigenvalue weighted by molar-refractivity contribution is -0.143. The first kappa shape index (κ1) is 79.1.